The van der Waals surface area contributed by atoms with Crippen LogP contribution in [0.4, 0.5) is 0 Å². The van der Waals surface area contributed by atoms with Crippen molar-refractivity contribution in [3.8, 4) is 6.07 Å². The highest BCUT2D eigenvalue weighted by atomic mass is 35.5. The molecule has 0 spiro atoms. The van der Waals surface area contributed by atoms with Crippen molar-refractivity contribution in [1.29, 1.82) is 5.26 Å². The Morgan fingerprint density at radius 3 is 2.47 bits per heavy atom. The largest absolute Gasteiger partial charge is 0.480 e. The van der Waals surface area contributed by atoms with Gasteiger partial charge >= 0.3 is 5.97 Å². The minimum atomic E-state index is -1.29. The van der Waals surface area contributed by atoms with Gasteiger partial charge in [-0.1, -0.05) is 32.6 Å². The molecule has 0 aromatic heterocycles. The first-order valence-corrected chi connectivity index (χ1v) is 4.86. The molecule has 2 atom stereocenters. The Bertz CT molecular complexity index is 392. The number of nitriles is 1. The highest BCUT2D eigenvalue weighted by molar-refractivity contribution is 6.37. The van der Waals surface area contributed by atoms with Gasteiger partial charge in [-0.3, -0.25) is 4.79 Å². The smallest absolute Gasteiger partial charge is 0.325 e. The van der Waals surface area contributed by atoms with Gasteiger partial charge < -0.3 is 5.11 Å². The Balaban J connectivity index is 3.04. The Morgan fingerprint density at radius 2 is 2.20 bits per heavy atom. The van der Waals surface area contributed by atoms with E-state index < -0.39 is 16.3 Å². The predicted molar refractivity (Wildman–Crippen MR) is 57.4 cm³/mol. The molecule has 0 bridgehead atoms. The van der Waals surface area contributed by atoms with Crippen molar-refractivity contribution in [1.82, 2.24) is 0 Å². The SMILES string of the molecule is C=C/C(C#N)=C/C1C(C)(C)[C@@]1(Cl)C(=O)O. The Hall–Kier alpha value is -1.27. The Morgan fingerprint density at radius 1 is 1.67 bits per heavy atom. The fraction of sp³-hybridized carbons (Fsp3) is 0.455. The number of aliphatic carboxylic acids is 1. The molecule has 3 nitrogen and oxygen atoms in total. The number of carbonyl (C=O) groups is 1. The van der Waals surface area contributed by atoms with Crippen molar-refractivity contribution in [3.05, 3.63) is 24.3 Å². The van der Waals surface area contributed by atoms with Crippen LogP contribution in [0.5, 0.6) is 0 Å². The highest BCUT2D eigenvalue weighted by Gasteiger charge is 2.74. The maximum Gasteiger partial charge on any atom is 0.325 e. The summed E-state index contributed by atoms with van der Waals surface area (Å²) in [5, 5.41) is 17.7. The third-order valence-electron chi connectivity index (χ3n) is 3.07. The summed E-state index contributed by atoms with van der Waals surface area (Å²) < 4.78 is 0. The molecule has 0 aromatic carbocycles. The summed E-state index contributed by atoms with van der Waals surface area (Å²) in [6.07, 6.45) is 2.97. The predicted octanol–water partition coefficient (Wildman–Crippen LogP) is 2.34. The van der Waals surface area contributed by atoms with Gasteiger partial charge in [0, 0.05) is 16.9 Å². The van der Waals surface area contributed by atoms with Crippen LogP contribution in [-0.4, -0.2) is 16.0 Å². The number of hydrogen-bond donors (Lipinski definition) is 1. The maximum atomic E-state index is 11.0. The average Bonchev–Trinajstić information content (AvgIpc) is 2.59. The molecule has 1 fully saturated rings. The molecule has 1 N–H and O–H groups in total. The maximum absolute atomic E-state index is 11.0. The van der Waals surface area contributed by atoms with E-state index in [1.165, 1.54) is 6.08 Å². The van der Waals surface area contributed by atoms with Gasteiger partial charge in [0.1, 0.15) is 0 Å². The lowest BCUT2D eigenvalue weighted by Crippen LogP contribution is -2.21. The first-order chi connectivity index (χ1) is 6.82. The van der Waals surface area contributed by atoms with Gasteiger partial charge in [-0.05, 0) is 0 Å². The van der Waals surface area contributed by atoms with Crippen molar-refractivity contribution in [2.75, 3.05) is 0 Å². The van der Waals surface area contributed by atoms with E-state index in [4.69, 9.17) is 22.0 Å². The first-order valence-electron chi connectivity index (χ1n) is 4.49. The van der Waals surface area contributed by atoms with Crippen LogP contribution in [0.1, 0.15) is 13.8 Å². The lowest BCUT2D eigenvalue weighted by molar-refractivity contribution is -0.138. The van der Waals surface area contributed by atoms with Crippen LogP contribution in [0.15, 0.2) is 24.3 Å². The number of allylic oxidation sites excluding steroid dienone is 3. The van der Waals surface area contributed by atoms with Crippen molar-refractivity contribution in [3.63, 3.8) is 0 Å². The molecular weight excluding hydrogens is 214 g/mol. The third-order valence-corrected chi connectivity index (χ3v) is 3.95. The zero-order chi connectivity index (χ0) is 11.9. The van der Waals surface area contributed by atoms with E-state index in [2.05, 4.69) is 6.58 Å². The molecule has 0 heterocycles. The monoisotopic (exact) mass is 225 g/mol. The van der Waals surface area contributed by atoms with Gasteiger partial charge in [-0.25, -0.2) is 0 Å². The molecular formula is C11H12ClNO2. The Labute approximate surface area is 93.7 Å². The summed E-state index contributed by atoms with van der Waals surface area (Å²) in [6, 6.07) is 1.93. The standard InChI is InChI=1S/C11H12ClNO2/c1-4-7(6-13)5-8-10(2,3)11(8,12)9(14)15/h4-5,8H,1H2,2-3H3,(H,14,15)/b7-5-/t8?,11-/m0/s1. The van der Waals surface area contributed by atoms with Gasteiger partial charge in [0.15, 0.2) is 4.87 Å². The van der Waals surface area contributed by atoms with Crippen LogP contribution in [-0.2, 0) is 4.79 Å². The van der Waals surface area contributed by atoms with Crippen LogP contribution in [0.2, 0.25) is 0 Å². The summed E-state index contributed by atoms with van der Waals surface area (Å²) in [4.78, 5) is 9.70. The van der Waals surface area contributed by atoms with Crippen LogP contribution in [0.3, 0.4) is 0 Å². The van der Waals surface area contributed by atoms with Crippen LogP contribution >= 0.6 is 11.6 Å². The van der Waals surface area contributed by atoms with E-state index >= 15 is 0 Å². The summed E-state index contributed by atoms with van der Waals surface area (Å²) in [7, 11) is 0. The molecule has 4 heteroatoms. The minimum Gasteiger partial charge on any atom is -0.480 e. The number of rotatable bonds is 3. The molecule has 0 amide bonds. The first kappa shape index (κ1) is 11.8. The van der Waals surface area contributed by atoms with E-state index in [0.717, 1.165) is 0 Å². The molecule has 1 aliphatic carbocycles. The quantitative estimate of drug-likeness (QED) is 0.456. The summed E-state index contributed by atoms with van der Waals surface area (Å²) >= 11 is 6.01. The van der Waals surface area contributed by atoms with Crippen LogP contribution in [0, 0.1) is 22.7 Å². The van der Waals surface area contributed by atoms with Crippen molar-refractivity contribution < 1.29 is 9.90 Å². The second-order valence-corrected chi connectivity index (χ2v) is 4.75. The summed E-state index contributed by atoms with van der Waals surface area (Å²) in [6.45, 7) is 7.01. The number of hydrogen-bond acceptors (Lipinski definition) is 2. The Kier molecular flexibility index (Phi) is 2.67. The number of alkyl halides is 1. The molecule has 80 valence electrons. The third kappa shape index (κ3) is 1.46. The highest BCUT2D eigenvalue weighted by Crippen LogP contribution is 2.67. The lowest BCUT2D eigenvalue weighted by atomic mass is 10.1. The molecule has 15 heavy (non-hydrogen) atoms. The normalized spacial score (nSPS) is 32.9. The van der Waals surface area contributed by atoms with Gasteiger partial charge in [-0.15, -0.1) is 11.6 Å². The van der Waals surface area contributed by atoms with E-state index in [9.17, 15) is 4.79 Å². The molecule has 0 radical (unpaired) electrons. The van der Waals surface area contributed by atoms with Crippen molar-refractivity contribution in [2.45, 2.75) is 18.7 Å². The van der Waals surface area contributed by atoms with E-state index in [-0.39, 0.29) is 5.92 Å². The lowest BCUT2D eigenvalue weighted by Gasteiger charge is -2.03. The molecule has 0 saturated heterocycles. The number of carboxylic acids is 1. The van der Waals surface area contributed by atoms with Gasteiger partial charge in [0.2, 0.25) is 0 Å². The van der Waals surface area contributed by atoms with Crippen molar-refractivity contribution >= 4 is 17.6 Å². The molecule has 1 saturated carbocycles. The molecule has 1 aliphatic rings. The molecule has 0 aliphatic heterocycles. The van der Waals surface area contributed by atoms with Crippen LogP contribution < -0.4 is 0 Å². The second-order valence-electron chi connectivity index (χ2n) is 4.15. The number of carboxylic acid groups (broad SMARTS) is 1. The van der Waals surface area contributed by atoms with E-state index in [0.29, 0.717) is 5.57 Å². The zero-order valence-electron chi connectivity index (χ0n) is 8.62. The van der Waals surface area contributed by atoms with E-state index in [1.54, 1.807) is 19.9 Å². The zero-order valence-corrected chi connectivity index (χ0v) is 9.38. The minimum absolute atomic E-state index is 0.336. The molecule has 1 rings (SSSR count). The summed E-state index contributed by atoms with van der Waals surface area (Å²) in [5.41, 5.74) is -0.178. The fourth-order valence-electron chi connectivity index (χ4n) is 1.81. The second kappa shape index (κ2) is 3.39. The number of halogens is 1. The van der Waals surface area contributed by atoms with Crippen LogP contribution in [0.25, 0.3) is 0 Å². The molecule has 0 aromatic rings. The molecule has 1 unspecified atom stereocenters. The van der Waals surface area contributed by atoms with E-state index in [1.807, 2.05) is 6.07 Å². The van der Waals surface area contributed by atoms with Gasteiger partial charge in [-0.2, -0.15) is 5.26 Å². The average molecular weight is 226 g/mol. The van der Waals surface area contributed by atoms with Crippen molar-refractivity contribution in [2.24, 2.45) is 11.3 Å². The van der Waals surface area contributed by atoms with Gasteiger partial charge in [0.25, 0.3) is 0 Å². The number of nitrogens with zero attached hydrogens (tertiary/aromatic N) is 1. The topological polar surface area (TPSA) is 61.1 Å². The summed E-state index contributed by atoms with van der Waals surface area (Å²) in [5.74, 6) is -1.38. The fourth-order valence-corrected chi connectivity index (χ4v) is 2.21. The van der Waals surface area contributed by atoms with Gasteiger partial charge in [0.05, 0.1) is 6.07 Å².